The first-order valence-electron chi connectivity index (χ1n) is 4.85. The van der Waals surface area contributed by atoms with E-state index in [9.17, 15) is 0 Å². The molecule has 0 atom stereocenters. The maximum atomic E-state index is 3.28. The fourth-order valence-corrected chi connectivity index (χ4v) is 1.22. The molecule has 1 aliphatic rings. The molecule has 0 heterocycles. The van der Waals surface area contributed by atoms with Gasteiger partial charge in [-0.3, -0.25) is 0 Å². The number of hydrogen-bond donors (Lipinski definition) is 0. The van der Waals surface area contributed by atoms with Crippen LogP contribution in [-0.2, 0) is 0 Å². The van der Waals surface area contributed by atoms with Crippen molar-refractivity contribution in [1.82, 2.24) is 0 Å². The van der Waals surface area contributed by atoms with Crippen molar-refractivity contribution in [2.24, 2.45) is 0 Å². The molecule has 0 unspecified atom stereocenters. The first-order chi connectivity index (χ1) is 6.00. The van der Waals surface area contributed by atoms with Gasteiger partial charge in [-0.25, -0.2) is 0 Å². The molecule has 0 nitrogen and oxygen atoms in total. The second-order valence-electron chi connectivity index (χ2n) is 3.06. The minimum Gasteiger partial charge on any atom is -0.0885 e. The monoisotopic (exact) mass is 161 g/mol. The van der Waals surface area contributed by atoms with Crippen molar-refractivity contribution in [1.29, 1.82) is 0 Å². The molecule has 12 heavy (non-hydrogen) atoms. The normalized spacial score (nSPS) is 28.0. The van der Waals surface area contributed by atoms with Crippen LogP contribution < -0.4 is 0 Å². The summed E-state index contributed by atoms with van der Waals surface area (Å²) in [6, 6.07) is 0. The fraction of sp³-hybridized carbons (Fsp3) is 0.500. The summed E-state index contributed by atoms with van der Waals surface area (Å²) in [5.41, 5.74) is 0. The van der Waals surface area contributed by atoms with Crippen LogP contribution in [0.3, 0.4) is 0 Å². The Morgan fingerprint density at radius 2 is 1.58 bits per heavy atom. The summed E-state index contributed by atoms with van der Waals surface area (Å²) < 4.78 is 0. The van der Waals surface area contributed by atoms with Gasteiger partial charge in [-0.15, -0.1) is 0 Å². The van der Waals surface area contributed by atoms with E-state index < -0.39 is 0 Å². The van der Waals surface area contributed by atoms with Crippen LogP contribution in [0.15, 0.2) is 30.4 Å². The van der Waals surface area contributed by atoms with E-state index in [1.165, 1.54) is 19.3 Å². The molecule has 0 N–H and O–H groups in total. The van der Waals surface area contributed by atoms with Crippen LogP contribution >= 0.6 is 0 Å². The molecule has 0 spiro atoms. The smallest absolute Gasteiger partial charge is 0.0163 e. The summed E-state index contributed by atoms with van der Waals surface area (Å²) >= 11 is 0. The Morgan fingerprint density at radius 1 is 0.833 bits per heavy atom. The highest BCUT2D eigenvalue weighted by atomic mass is 13.9. The van der Waals surface area contributed by atoms with E-state index in [-0.39, 0.29) is 0 Å². The SMILES string of the molecule is [C]1=C/C/C=C\CCC/C=C/CC/1. The molecular formula is C12H17. The lowest BCUT2D eigenvalue weighted by Gasteiger charge is -1.92. The van der Waals surface area contributed by atoms with Crippen molar-refractivity contribution in [2.45, 2.75) is 38.5 Å². The zero-order chi connectivity index (χ0) is 8.49. The van der Waals surface area contributed by atoms with Crippen LogP contribution in [0.5, 0.6) is 0 Å². The quantitative estimate of drug-likeness (QED) is 0.474. The van der Waals surface area contributed by atoms with E-state index in [4.69, 9.17) is 0 Å². The second-order valence-corrected chi connectivity index (χ2v) is 3.06. The Labute approximate surface area is 75.7 Å². The van der Waals surface area contributed by atoms with Crippen LogP contribution in [0.25, 0.3) is 0 Å². The maximum Gasteiger partial charge on any atom is -0.0163 e. The molecule has 1 aliphatic carbocycles. The highest BCUT2D eigenvalue weighted by Gasteiger charge is 1.83. The highest BCUT2D eigenvalue weighted by Crippen LogP contribution is 2.02. The Hall–Kier alpha value is -0.780. The van der Waals surface area contributed by atoms with Gasteiger partial charge in [-0.05, 0) is 44.6 Å². The van der Waals surface area contributed by atoms with E-state index >= 15 is 0 Å². The van der Waals surface area contributed by atoms with E-state index in [0.717, 1.165) is 19.3 Å². The molecule has 1 rings (SSSR count). The molecule has 65 valence electrons. The van der Waals surface area contributed by atoms with Crippen LogP contribution in [0, 0.1) is 6.08 Å². The van der Waals surface area contributed by atoms with Crippen molar-refractivity contribution >= 4 is 0 Å². The summed E-state index contributed by atoms with van der Waals surface area (Å²) in [6.45, 7) is 0. The van der Waals surface area contributed by atoms with Gasteiger partial charge < -0.3 is 0 Å². The average Bonchev–Trinajstić information content (AvgIpc) is 2.05. The molecule has 0 saturated carbocycles. The standard InChI is InChI=1S/C12H17/c1-2-4-6-8-10-12-11-9-7-5-3-1/h1-2,5,10,12H,3-4,6,8-9,11H2/b2-1-,7-5?,12-10+. The molecule has 0 fully saturated rings. The molecule has 0 aliphatic heterocycles. The van der Waals surface area contributed by atoms with E-state index in [1.54, 1.807) is 0 Å². The average molecular weight is 161 g/mol. The summed E-state index contributed by atoms with van der Waals surface area (Å²) in [4.78, 5) is 0. The first kappa shape index (κ1) is 9.31. The summed E-state index contributed by atoms with van der Waals surface area (Å²) in [6.07, 6.45) is 21.5. The van der Waals surface area contributed by atoms with Gasteiger partial charge in [0.15, 0.2) is 0 Å². The number of hydrogen-bond acceptors (Lipinski definition) is 0. The van der Waals surface area contributed by atoms with Gasteiger partial charge in [0.2, 0.25) is 0 Å². The molecule has 0 bridgehead atoms. The van der Waals surface area contributed by atoms with Crippen LogP contribution in [-0.4, -0.2) is 0 Å². The van der Waals surface area contributed by atoms with Gasteiger partial charge >= 0.3 is 0 Å². The molecule has 1 radical (unpaired) electrons. The number of allylic oxidation sites excluding steroid dienone is 6. The van der Waals surface area contributed by atoms with Gasteiger partial charge in [0, 0.05) is 0 Å². The van der Waals surface area contributed by atoms with Crippen molar-refractivity contribution in [3.8, 4) is 0 Å². The van der Waals surface area contributed by atoms with E-state index in [0.29, 0.717) is 0 Å². The minimum atomic E-state index is 1.06. The molecule has 0 aromatic rings. The van der Waals surface area contributed by atoms with Crippen LogP contribution in [0.1, 0.15) is 38.5 Å². The Balaban J connectivity index is 2.30. The third-order valence-electron chi connectivity index (χ3n) is 1.93. The second kappa shape index (κ2) is 6.90. The van der Waals surface area contributed by atoms with E-state index in [2.05, 4.69) is 36.5 Å². The zero-order valence-corrected chi connectivity index (χ0v) is 7.63. The molecular weight excluding hydrogens is 144 g/mol. The molecule has 0 aromatic carbocycles. The van der Waals surface area contributed by atoms with Gasteiger partial charge in [0.05, 0.1) is 0 Å². The van der Waals surface area contributed by atoms with Crippen molar-refractivity contribution in [2.75, 3.05) is 0 Å². The summed E-state index contributed by atoms with van der Waals surface area (Å²) in [5.74, 6) is 0. The molecule has 0 heteroatoms. The maximum absolute atomic E-state index is 3.28. The molecule has 0 saturated heterocycles. The largest absolute Gasteiger partial charge is 0.0885 e. The third kappa shape index (κ3) is 4.95. The topological polar surface area (TPSA) is 0 Å². The van der Waals surface area contributed by atoms with Crippen molar-refractivity contribution in [3.05, 3.63) is 36.5 Å². The van der Waals surface area contributed by atoms with Crippen LogP contribution in [0.4, 0.5) is 0 Å². The summed E-state index contributed by atoms with van der Waals surface area (Å²) in [7, 11) is 0. The van der Waals surface area contributed by atoms with Crippen molar-refractivity contribution < 1.29 is 0 Å². The lowest BCUT2D eigenvalue weighted by molar-refractivity contribution is 0.858. The minimum absolute atomic E-state index is 1.06. The lowest BCUT2D eigenvalue weighted by atomic mass is 10.1. The molecule has 0 amide bonds. The van der Waals surface area contributed by atoms with Gasteiger partial charge in [0.25, 0.3) is 0 Å². The lowest BCUT2D eigenvalue weighted by Crippen LogP contribution is -1.73. The Morgan fingerprint density at radius 3 is 2.50 bits per heavy atom. The van der Waals surface area contributed by atoms with Crippen molar-refractivity contribution in [3.63, 3.8) is 0 Å². The fourth-order valence-electron chi connectivity index (χ4n) is 1.22. The van der Waals surface area contributed by atoms with Gasteiger partial charge in [-0.2, -0.15) is 0 Å². The third-order valence-corrected chi connectivity index (χ3v) is 1.93. The zero-order valence-electron chi connectivity index (χ0n) is 7.63. The van der Waals surface area contributed by atoms with Gasteiger partial charge in [-0.1, -0.05) is 30.4 Å². The predicted molar refractivity (Wildman–Crippen MR) is 53.8 cm³/mol. The van der Waals surface area contributed by atoms with E-state index in [1.807, 2.05) is 0 Å². The number of rotatable bonds is 0. The predicted octanol–water partition coefficient (Wildman–Crippen LogP) is 3.81. The first-order valence-corrected chi connectivity index (χ1v) is 4.85. The Kier molecular flexibility index (Phi) is 5.35. The molecule has 0 aromatic heterocycles. The van der Waals surface area contributed by atoms with Gasteiger partial charge in [0.1, 0.15) is 0 Å². The highest BCUT2D eigenvalue weighted by molar-refractivity contribution is 4.92. The summed E-state index contributed by atoms with van der Waals surface area (Å²) in [5, 5.41) is 0. The van der Waals surface area contributed by atoms with Crippen LogP contribution in [0.2, 0.25) is 0 Å². The Bertz CT molecular complexity index is 172.